The number of allylic oxidation sites excluding steroid dienone is 10. The third-order valence-electron chi connectivity index (χ3n) is 13.8. The summed E-state index contributed by atoms with van der Waals surface area (Å²) in [5.41, 5.74) is 18.2. The fourth-order valence-corrected chi connectivity index (χ4v) is 11.3. The van der Waals surface area contributed by atoms with Crippen molar-refractivity contribution in [2.75, 3.05) is 4.90 Å². The average Bonchev–Trinajstić information content (AvgIpc) is 3.86. The molecule has 1 aromatic heterocycles. The first-order valence-corrected chi connectivity index (χ1v) is 21.9. The van der Waals surface area contributed by atoms with Gasteiger partial charge in [-0.3, -0.25) is 0 Å². The zero-order valence-electron chi connectivity index (χ0n) is 34.0. The first-order chi connectivity index (χ1) is 30.3. The molecule has 0 amide bonds. The van der Waals surface area contributed by atoms with Crippen LogP contribution in [-0.2, 0) is 5.41 Å². The molecule has 0 aliphatic heterocycles. The largest absolute Gasteiger partial charge is 0.456 e. The molecule has 12 rings (SSSR count). The molecule has 0 radical (unpaired) electrons. The van der Waals surface area contributed by atoms with E-state index in [0.29, 0.717) is 5.92 Å². The van der Waals surface area contributed by atoms with Gasteiger partial charge in [0.1, 0.15) is 11.2 Å². The van der Waals surface area contributed by atoms with Crippen LogP contribution in [0.3, 0.4) is 0 Å². The van der Waals surface area contributed by atoms with Crippen molar-refractivity contribution in [2.45, 2.75) is 31.1 Å². The minimum Gasteiger partial charge on any atom is -0.456 e. The first-order valence-electron chi connectivity index (χ1n) is 21.9. The summed E-state index contributed by atoms with van der Waals surface area (Å²) in [6.45, 7) is 0. The Morgan fingerprint density at radius 2 is 1.30 bits per heavy atom. The van der Waals surface area contributed by atoms with Gasteiger partial charge < -0.3 is 9.32 Å². The van der Waals surface area contributed by atoms with Gasteiger partial charge in [-0.2, -0.15) is 0 Å². The van der Waals surface area contributed by atoms with Gasteiger partial charge in [0.25, 0.3) is 0 Å². The molecule has 0 saturated carbocycles. The minimum atomic E-state index is -0.378. The van der Waals surface area contributed by atoms with E-state index in [1.165, 1.54) is 55.7 Å². The molecule has 0 fully saturated rings. The molecule has 0 bridgehead atoms. The third-order valence-corrected chi connectivity index (χ3v) is 13.8. The van der Waals surface area contributed by atoms with E-state index >= 15 is 0 Å². The molecule has 2 heteroatoms. The number of para-hydroxylation sites is 1. The second-order valence-electron chi connectivity index (χ2n) is 17.0. The van der Waals surface area contributed by atoms with E-state index < -0.39 is 0 Å². The van der Waals surface area contributed by atoms with E-state index in [1.807, 2.05) is 0 Å². The lowest BCUT2D eigenvalue weighted by atomic mass is 9.62. The normalized spacial score (nSPS) is 20.1. The zero-order chi connectivity index (χ0) is 40.3. The Morgan fingerprint density at radius 3 is 2.18 bits per heavy atom. The molecular formula is C59H45NO. The van der Waals surface area contributed by atoms with Crippen LogP contribution in [0.1, 0.15) is 53.5 Å². The molecular weight excluding hydrogens is 739 g/mol. The van der Waals surface area contributed by atoms with Crippen LogP contribution in [0, 0.1) is 11.8 Å². The third kappa shape index (κ3) is 5.62. The molecule has 3 atom stereocenters. The van der Waals surface area contributed by atoms with Crippen LogP contribution in [0.15, 0.2) is 222 Å². The topological polar surface area (TPSA) is 16.4 Å². The SMILES string of the molecule is C1=CCC2CCC(c3cccc(N(c4ccc5c(c4)oc4ccccc45)c4cccc5c4-c4ccccc4C5(c4ccccc4)C4C=CC=CC4)c3)=C(c3ccccc3)C2=C1. The van der Waals surface area contributed by atoms with Crippen molar-refractivity contribution in [1.82, 2.24) is 0 Å². The van der Waals surface area contributed by atoms with Gasteiger partial charge in [-0.15, -0.1) is 0 Å². The van der Waals surface area contributed by atoms with Crippen molar-refractivity contribution in [3.63, 3.8) is 0 Å². The van der Waals surface area contributed by atoms with E-state index in [2.05, 4.69) is 217 Å². The number of rotatable bonds is 7. The molecule has 0 saturated heterocycles. The minimum absolute atomic E-state index is 0.239. The highest BCUT2D eigenvalue weighted by Crippen LogP contribution is 2.61. The van der Waals surface area contributed by atoms with Crippen LogP contribution in [0.25, 0.3) is 44.2 Å². The Balaban J connectivity index is 1.12. The van der Waals surface area contributed by atoms with Crippen molar-refractivity contribution in [3.05, 3.63) is 246 Å². The predicted molar refractivity (Wildman–Crippen MR) is 254 cm³/mol. The Bertz CT molecular complexity index is 3160. The molecule has 4 aliphatic rings. The Hall–Kier alpha value is -7.16. The van der Waals surface area contributed by atoms with E-state index in [9.17, 15) is 0 Å². The Morgan fingerprint density at radius 1 is 0.557 bits per heavy atom. The lowest BCUT2D eigenvalue weighted by Gasteiger charge is -2.40. The number of hydrogen-bond acceptors (Lipinski definition) is 2. The zero-order valence-corrected chi connectivity index (χ0v) is 34.0. The van der Waals surface area contributed by atoms with Crippen molar-refractivity contribution in [2.24, 2.45) is 11.8 Å². The summed E-state index contributed by atoms with van der Waals surface area (Å²) < 4.78 is 6.61. The van der Waals surface area contributed by atoms with Crippen molar-refractivity contribution < 1.29 is 4.42 Å². The van der Waals surface area contributed by atoms with Gasteiger partial charge in [0, 0.05) is 33.8 Å². The number of fused-ring (bicyclic) bond motifs is 7. The second kappa shape index (κ2) is 14.5. The predicted octanol–water partition coefficient (Wildman–Crippen LogP) is 15.7. The van der Waals surface area contributed by atoms with Crippen molar-refractivity contribution >= 4 is 50.1 Å². The molecule has 0 N–H and O–H groups in total. The fraction of sp³-hybridized carbons (Fsp3) is 0.119. The Labute approximate surface area is 357 Å². The van der Waals surface area contributed by atoms with Gasteiger partial charge in [-0.25, -0.2) is 0 Å². The summed E-state index contributed by atoms with van der Waals surface area (Å²) in [4.78, 5) is 2.50. The summed E-state index contributed by atoms with van der Waals surface area (Å²) in [6.07, 6.45) is 20.4. The fourth-order valence-electron chi connectivity index (χ4n) is 11.3. The summed E-state index contributed by atoms with van der Waals surface area (Å²) >= 11 is 0. The molecule has 61 heavy (non-hydrogen) atoms. The van der Waals surface area contributed by atoms with Crippen molar-refractivity contribution in [1.29, 1.82) is 0 Å². The van der Waals surface area contributed by atoms with Crippen LogP contribution in [-0.4, -0.2) is 0 Å². The smallest absolute Gasteiger partial charge is 0.137 e. The highest BCUT2D eigenvalue weighted by Gasteiger charge is 2.50. The Kier molecular flexibility index (Phi) is 8.52. The number of anilines is 3. The van der Waals surface area contributed by atoms with Crippen LogP contribution >= 0.6 is 0 Å². The van der Waals surface area contributed by atoms with Crippen molar-refractivity contribution in [3.8, 4) is 11.1 Å². The van der Waals surface area contributed by atoms with Crippen LogP contribution < -0.4 is 4.90 Å². The molecule has 1 heterocycles. The maximum atomic E-state index is 6.61. The quantitative estimate of drug-likeness (QED) is 0.160. The summed E-state index contributed by atoms with van der Waals surface area (Å²) in [5, 5.41) is 2.26. The van der Waals surface area contributed by atoms with Crippen LogP contribution in [0.5, 0.6) is 0 Å². The van der Waals surface area contributed by atoms with Crippen LogP contribution in [0.2, 0.25) is 0 Å². The van der Waals surface area contributed by atoms with E-state index in [-0.39, 0.29) is 11.3 Å². The summed E-state index contributed by atoms with van der Waals surface area (Å²) in [7, 11) is 0. The average molecular weight is 784 g/mol. The van der Waals surface area contributed by atoms with Gasteiger partial charge in [-0.05, 0) is 124 Å². The van der Waals surface area contributed by atoms with E-state index in [4.69, 9.17) is 4.42 Å². The lowest BCUT2D eigenvalue weighted by molar-refractivity contribution is 0.457. The highest BCUT2D eigenvalue weighted by atomic mass is 16.3. The molecule has 3 unspecified atom stereocenters. The van der Waals surface area contributed by atoms with Gasteiger partial charge in [-0.1, -0.05) is 170 Å². The molecule has 292 valence electrons. The van der Waals surface area contributed by atoms with Gasteiger partial charge in [0.05, 0.1) is 11.1 Å². The monoisotopic (exact) mass is 783 g/mol. The van der Waals surface area contributed by atoms with Crippen LogP contribution in [0.4, 0.5) is 17.1 Å². The highest BCUT2D eigenvalue weighted by molar-refractivity contribution is 6.07. The first kappa shape index (κ1) is 35.8. The van der Waals surface area contributed by atoms with E-state index in [1.54, 1.807) is 0 Å². The number of benzene rings is 7. The lowest BCUT2D eigenvalue weighted by Crippen LogP contribution is -2.35. The number of hydrogen-bond donors (Lipinski definition) is 0. The van der Waals surface area contributed by atoms with Gasteiger partial charge in [0.2, 0.25) is 0 Å². The van der Waals surface area contributed by atoms with E-state index in [0.717, 1.165) is 64.7 Å². The molecule has 2 nitrogen and oxygen atoms in total. The molecule has 4 aliphatic carbocycles. The molecule has 0 spiro atoms. The number of furan rings is 1. The standard InChI is InChI=1S/C59H45NO/c1-4-19-41(20-5-1)57-47-27-11-10-18-40(47)34-36-48(57)42-21-16-26-45(38-42)60(46-35-37-50-49-28-13-15-33-55(49)61-56(50)39-46)54-32-17-31-53-58(54)51-29-12-14-30-52(51)59(53,43-22-6-2-7-23-43)44-24-8-3-9-25-44/h1-17,19-24,26-33,35,37-40,44H,18,25,34,36H2. The molecule has 7 aromatic carbocycles. The number of nitrogens with zero attached hydrogens (tertiary/aromatic N) is 1. The van der Waals surface area contributed by atoms with Gasteiger partial charge >= 0.3 is 0 Å². The maximum absolute atomic E-state index is 6.61. The summed E-state index contributed by atoms with van der Waals surface area (Å²) in [6, 6.07) is 63.0. The molecule has 8 aromatic rings. The summed E-state index contributed by atoms with van der Waals surface area (Å²) in [5.74, 6) is 0.786. The van der Waals surface area contributed by atoms with Gasteiger partial charge in [0.15, 0.2) is 0 Å². The second-order valence-corrected chi connectivity index (χ2v) is 17.0. The maximum Gasteiger partial charge on any atom is 0.137 e.